The SMILES string of the molecule is CC(C1CC1)n1cc(C(=O)O)c(-c2ccc(C#N)cc2)n1. The Morgan fingerprint density at radius 3 is 2.62 bits per heavy atom. The van der Waals surface area contributed by atoms with E-state index in [0.717, 1.165) is 0 Å². The van der Waals surface area contributed by atoms with E-state index in [9.17, 15) is 9.90 Å². The van der Waals surface area contributed by atoms with Gasteiger partial charge in [-0.1, -0.05) is 12.1 Å². The lowest BCUT2D eigenvalue weighted by atomic mass is 10.1. The van der Waals surface area contributed by atoms with Crippen LogP contribution in [0.3, 0.4) is 0 Å². The first-order chi connectivity index (χ1) is 10.1. The molecule has 1 saturated carbocycles. The van der Waals surface area contributed by atoms with E-state index in [1.54, 1.807) is 35.1 Å². The van der Waals surface area contributed by atoms with Gasteiger partial charge in [-0.05, 0) is 37.8 Å². The number of carboxylic acid groups (broad SMARTS) is 1. The summed E-state index contributed by atoms with van der Waals surface area (Å²) >= 11 is 0. The predicted molar refractivity (Wildman–Crippen MR) is 76.8 cm³/mol. The summed E-state index contributed by atoms with van der Waals surface area (Å²) < 4.78 is 1.76. The minimum atomic E-state index is -0.983. The molecule has 1 aromatic heterocycles. The summed E-state index contributed by atoms with van der Waals surface area (Å²) in [6, 6.07) is 9.08. The van der Waals surface area contributed by atoms with Crippen LogP contribution in [-0.4, -0.2) is 20.9 Å². The zero-order chi connectivity index (χ0) is 15.0. The van der Waals surface area contributed by atoms with Crippen molar-refractivity contribution in [1.82, 2.24) is 9.78 Å². The average molecular weight is 281 g/mol. The van der Waals surface area contributed by atoms with E-state index >= 15 is 0 Å². The molecule has 0 amide bonds. The minimum Gasteiger partial charge on any atom is -0.478 e. The highest BCUT2D eigenvalue weighted by Crippen LogP contribution is 2.39. The van der Waals surface area contributed by atoms with Crippen molar-refractivity contribution in [3.8, 4) is 17.3 Å². The number of hydrogen-bond acceptors (Lipinski definition) is 3. The van der Waals surface area contributed by atoms with Crippen LogP contribution in [0.25, 0.3) is 11.3 Å². The number of carboxylic acids is 1. The van der Waals surface area contributed by atoms with Gasteiger partial charge in [0.05, 0.1) is 17.7 Å². The van der Waals surface area contributed by atoms with Crippen molar-refractivity contribution in [2.75, 3.05) is 0 Å². The lowest BCUT2D eigenvalue weighted by Crippen LogP contribution is -2.07. The second-order valence-electron chi connectivity index (χ2n) is 5.44. The molecule has 1 aliphatic carbocycles. The van der Waals surface area contributed by atoms with Crippen molar-refractivity contribution in [2.24, 2.45) is 5.92 Å². The van der Waals surface area contributed by atoms with Gasteiger partial charge < -0.3 is 5.11 Å². The predicted octanol–water partition coefficient (Wildman–Crippen LogP) is 3.09. The Bertz CT molecular complexity index is 721. The summed E-state index contributed by atoms with van der Waals surface area (Å²) in [6.07, 6.45) is 3.96. The number of nitrogens with zero attached hydrogens (tertiary/aromatic N) is 3. The number of rotatable bonds is 4. The third kappa shape index (κ3) is 2.52. The van der Waals surface area contributed by atoms with Crippen molar-refractivity contribution in [2.45, 2.75) is 25.8 Å². The van der Waals surface area contributed by atoms with Crippen LogP contribution in [0.15, 0.2) is 30.5 Å². The molecule has 1 atom stereocenters. The largest absolute Gasteiger partial charge is 0.478 e. The van der Waals surface area contributed by atoms with Gasteiger partial charge in [-0.25, -0.2) is 4.79 Å². The summed E-state index contributed by atoms with van der Waals surface area (Å²) in [5.74, 6) is -0.385. The topological polar surface area (TPSA) is 78.9 Å². The highest BCUT2D eigenvalue weighted by molar-refractivity contribution is 5.94. The van der Waals surface area contributed by atoms with Gasteiger partial charge >= 0.3 is 5.97 Å². The molecule has 0 bridgehead atoms. The molecule has 0 spiro atoms. The van der Waals surface area contributed by atoms with Crippen LogP contribution in [0.5, 0.6) is 0 Å². The van der Waals surface area contributed by atoms with Crippen molar-refractivity contribution in [3.63, 3.8) is 0 Å². The highest BCUT2D eigenvalue weighted by Gasteiger charge is 2.31. The van der Waals surface area contributed by atoms with Gasteiger partial charge in [-0.15, -0.1) is 0 Å². The van der Waals surface area contributed by atoms with E-state index in [0.29, 0.717) is 22.7 Å². The number of aromatic nitrogens is 2. The Morgan fingerprint density at radius 2 is 2.10 bits per heavy atom. The van der Waals surface area contributed by atoms with E-state index in [1.165, 1.54) is 12.8 Å². The molecule has 1 unspecified atom stereocenters. The van der Waals surface area contributed by atoms with Crippen molar-refractivity contribution >= 4 is 5.97 Å². The maximum atomic E-state index is 11.4. The maximum absolute atomic E-state index is 11.4. The summed E-state index contributed by atoms with van der Waals surface area (Å²) in [7, 11) is 0. The first-order valence-electron chi connectivity index (χ1n) is 6.93. The number of aromatic carboxylic acids is 1. The van der Waals surface area contributed by atoms with Crippen LogP contribution in [0, 0.1) is 17.2 Å². The molecule has 2 aromatic rings. The van der Waals surface area contributed by atoms with Crippen LogP contribution < -0.4 is 0 Å². The molecule has 106 valence electrons. The van der Waals surface area contributed by atoms with Crippen LogP contribution in [-0.2, 0) is 0 Å². The average Bonchev–Trinajstić information content (AvgIpc) is 3.24. The number of benzene rings is 1. The number of nitriles is 1. The molecule has 5 nitrogen and oxygen atoms in total. The third-order valence-electron chi connectivity index (χ3n) is 3.97. The molecular weight excluding hydrogens is 266 g/mol. The summed E-state index contributed by atoms with van der Waals surface area (Å²) in [4.78, 5) is 11.4. The molecular formula is C16H15N3O2. The third-order valence-corrected chi connectivity index (χ3v) is 3.97. The molecule has 0 radical (unpaired) electrons. The van der Waals surface area contributed by atoms with Gasteiger partial charge in [0.1, 0.15) is 11.3 Å². The van der Waals surface area contributed by atoms with Crippen molar-refractivity contribution < 1.29 is 9.90 Å². The van der Waals surface area contributed by atoms with Gasteiger partial charge in [0.2, 0.25) is 0 Å². The van der Waals surface area contributed by atoms with Gasteiger partial charge in [0.15, 0.2) is 0 Å². The number of carbonyl (C=O) groups is 1. The summed E-state index contributed by atoms with van der Waals surface area (Å²) in [5.41, 5.74) is 1.92. The van der Waals surface area contributed by atoms with Gasteiger partial charge in [0, 0.05) is 11.8 Å². The van der Waals surface area contributed by atoms with E-state index in [2.05, 4.69) is 12.0 Å². The zero-order valence-corrected chi connectivity index (χ0v) is 11.7. The van der Waals surface area contributed by atoms with Crippen molar-refractivity contribution in [3.05, 3.63) is 41.6 Å². The molecule has 1 N–H and O–H groups in total. The Labute approximate surface area is 122 Å². The fourth-order valence-corrected chi connectivity index (χ4v) is 2.47. The molecule has 3 rings (SSSR count). The molecule has 1 aromatic carbocycles. The Kier molecular flexibility index (Phi) is 3.22. The van der Waals surface area contributed by atoms with E-state index in [-0.39, 0.29) is 11.6 Å². The quantitative estimate of drug-likeness (QED) is 0.934. The normalized spacial score (nSPS) is 15.4. The zero-order valence-electron chi connectivity index (χ0n) is 11.7. The Morgan fingerprint density at radius 1 is 1.43 bits per heavy atom. The van der Waals surface area contributed by atoms with Crippen molar-refractivity contribution in [1.29, 1.82) is 5.26 Å². The molecule has 1 fully saturated rings. The molecule has 1 aliphatic rings. The summed E-state index contributed by atoms with van der Waals surface area (Å²) in [6.45, 7) is 2.07. The van der Waals surface area contributed by atoms with Gasteiger partial charge in [0.25, 0.3) is 0 Å². The molecule has 5 heteroatoms. The molecule has 21 heavy (non-hydrogen) atoms. The highest BCUT2D eigenvalue weighted by atomic mass is 16.4. The molecule has 1 heterocycles. The first-order valence-corrected chi connectivity index (χ1v) is 6.93. The molecule has 0 aliphatic heterocycles. The minimum absolute atomic E-state index is 0.201. The van der Waals surface area contributed by atoms with Crippen LogP contribution in [0.1, 0.15) is 41.7 Å². The lowest BCUT2D eigenvalue weighted by Gasteiger charge is -2.09. The van der Waals surface area contributed by atoms with E-state index in [1.807, 2.05) is 6.07 Å². The fraction of sp³-hybridized carbons (Fsp3) is 0.312. The smallest absolute Gasteiger partial charge is 0.339 e. The van der Waals surface area contributed by atoms with Crippen LogP contribution >= 0.6 is 0 Å². The Hall–Kier alpha value is -2.61. The first kappa shape index (κ1) is 13.4. The standard InChI is InChI=1S/C16H15N3O2/c1-10(12-6-7-12)19-9-14(16(20)21)15(18-19)13-4-2-11(8-17)3-5-13/h2-5,9-10,12H,6-7H2,1H3,(H,20,21). The maximum Gasteiger partial charge on any atom is 0.339 e. The van der Waals surface area contributed by atoms with E-state index in [4.69, 9.17) is 5.26 Å². The van der Waals surface area contributed by atoms with Crippen LogP contribution in [0.2, 0.25) is 0 Å². The van der Waals surface area contributed by atoms with Crippen LogP contribution in [0.4, 0.5) is 0 Å². The van der Waals surface area contributed by atoms with Gasteiger partial charge in [-0.2, -0.15) is 10.4 Å². The Balaban J connectivity index is 2.02. The fourth-order valence-electron chi connectivity index (χ4n) is 2.47. The van der Waals surface area contributed by atoms with Gasteiger partial charge in [-0.3, -0.25) is 4.68 Å². The van der Waals surface area contributed by atoms with E-state index < -0.39 is 5.97 Å². The monoisotopic (exact) mass is 281 g/mol. The molecule has 0 saturated heterocycles. The summed E-state index contributed by atoms with van der Waals surface area (Å²) in [5, 5.41) is 22.7. The lowest BCUT2D eigenvalue weighted by molar-refractivity contribution is 0.0697. The number of hydrogen-bond donors (Lipinski definition) is 1. The second kappa shape index (κ2) is 5.06. The second-order valence-corrected chi connectivity index (χ2v) is 5.44.